The first-order valence-electron chi connectivity index (χ1n) is 13.1. The maximum absolute atomic E-state index is 14.6. The number of aromatic nitrogens is 2. The molecule has 0 spiro atoms. The van der Waals surface area contributed by atoms with Gasteiger partial charge in [-0.25, -0.2) is 9.37 Å². The highest BCUT2D eigenvalue weighted by molar-refractivity contribution is 5.78. The fourth-order valence-electron chi connectivity index (χ4n) is 5.50. The lowest BCUT2D eigenvalue weighted by atomic mass is 9.94. The summed E-state index contributed by atoms with van der Waals surface area (Å²) in [6, 6.07) is 15.0. The average molecular weight is 485 g/mol. The van der Waals surface area contributed by atoms with Crippen LogP contribution in [-0.2, 0) is 13.5 Å². The molecule has 2 atom stereocenters. The topological polar surface area (TPSA) is 84.7 Å². The van der Waals surface area contributed by atoms with Crippen molar-refractivity contribution in [2.75, 3.05) is 0 Å². The third-order valence-electron chi connectivity index (χ3n) is 7.88. The van der Waals surface area contributed by atoms with E-state index in [0.717, 1.165) is 44.1 Å². The molecule has 2 N–H and O–H groups in total. The van der Waals surface area contributed by atoms with Crippen molar-refractivity contribution in [2.45, 2.75) is 69.7 Å². The second kappa shape index (κ2) is 10.4. The molecule has 5 nitrogen and oxygen atoms in total. The first-order chi connectivity index (χ1) is 17.4. The Balaban J connectivity index is 1.54. The van der Waals surface area contributed by atoms with E-state index in [1.165, 1.54) is 30.5 Å². The summed E-state index contributed by atoms with van der Waals surface area (Å²) in [6.07, 6.45) is 9.36. The summed E-state index contributed by atoms with van der Waals surface area (Å²) < 4.78 is 16.3. The predicted molar refractivity (Wildman–Crippen MR) is 140 cm³/mol. The molecule has 6 heteroatoms. The van der Waals surface area contributed by atoms with Gasteiger partial charge in [-0.1, -0.05) is 43.2 Å². The van der Waals surface area contributed by atoms with Crippen molar-refractivity contribution in [3.8, 4) is 28.6 Å². The van der Waals surface area contributed by atoms with Crippen molar-refractivity contribution in [3.05, 3.63) is 75.5 Å². The Kier molecular flexibility index (Phi) is 7.02. The van der Waals surface area contributed by atoms with Gasteiger partial charge in [0.1, 0.15) is 17.6 Å². The Morgan fingerprint density at radius 2 is 1.81 bits per heavy atom. The molecule has 5 rings (SSSR count). The second-order valence-electron chi connectivity index (χ2n) is 10.5. The van der Waals surface area contributed by atoms with E-state index in [2.05, 4.69) is 12.1 Å². The van der Waals surface area contributed by atoms with Crippen molar-refractivity contribution in [2.24, 2.45) is 18.7 Å². The van der Waals surface area contributed by atoms with Crippen molar-refractivity contribution in [1.29, 1.82) is 5.26 Å². The van der Waals surface area contributed by atoms with E-state index < -0.39 is 5.82 Å². The zero-order valence-corrected chi connectivity index (χ0v) is 20.8. The van der Waals surface area contributed by atoms with Gasteiger partial charge in [0, 0.05) is 24.2 Å². The molecule has 0 amide bonds. The normalized spacial score (nSPS) is 20.1. The minimum Gasteiger partial charge on any atom is -0.328 e. The number of nitriles is 1. The molecule has 2 fully saturated rings. The highest BCUT2D eigenvalue weighted by atomic mass is 19.1. The van der Waals surface area contributed by atoms with Gasteiger partial charge in [-0.15, -0.1) is 0 Å². The third-order valence-corrected chi connectivity index (χ3v) is 7.88. The van der Waals surface area contributed by atoms with Gasteiger partial charge in [-0.2, -0.15) is 5.26 Å². The molecule has 2 aliphatic carbocycles. The average Bonchev–Trinajstić information content (AvgIpc) is 3.74. The summed E-state index contributed by atoms with van der Waals surface area (Å²) in [7, 11) is 1.77. The lowest BCUT2D eigenvalue weighted by Gasteiger charge is -2.18. The number of rotatable bonds is 6. The molecule has 0 saturated heterocycles. The fourth-order valence-corrected chi connectivity index (χ4v) is 5.50. The van der Waals surface area contributed by atoms with Gasteiger partial charge >= 0.3 is 0 Å². The molecular formula is C30H33FN4O. The quantitative estimate of drug-likeness (QED) is 0.445. The van der Waals surface area contributed by atoms with Gasteiger partial charge in [-0.3, -0.25) is 4.79 Å². The van der Waals surface area contributed by atoms with E-state index in [1.807, 2.05) is 18.2 Å². The van der Waals surface area contributed by atoms with E-state index in [-0.39, 0.29) is 17.2 Å². The monoisotopic (exact) mass is 484 g/mol. The number of hydrogen-bond donors (Lipinski definition) is 1. The Hall–Kier alpha value is -3.30. The molecular weight excluding hydrogens is 451 g/mol. The number of halogens is 1. The summed E-state index contributed by atoms with van der Waals surface area (Å²) in [5.41, 5.74) is 10.5. The van der Waals surface area contributed by atoms with E-state index in [1.54, 1.807) is 17.7 Å². The number of nitrogens with two attached hydrogens (primary N) is 1. The highest BCUT2D eigenvalue weighted by Gasteiger charge is 2.24. The molecule has 0 aliphatic heterocycles. The Labute approximate surface area is 211 Å². The molecule has 2 saturated carbocycles. The molecule has 186 valence electrons. The lowest BCUT2D eigenvalue weighted by Crippen LogP contribution is -2.26. The number of benzene rings is 2. The fraction of sp³-hybridized carbons (Fsp3) is 0.433. The van der Waals surface area contributed by atoms with E-state index in [0.29, 0.717) is 40.9 Å². The maximum atomic E-state index is 14.6. The molecule has 36 heavy (non-hydrogen) atoms. The lowest BCUT2D eigenvalue weighted by molar-refractivity contribution is 0.422. The first-order valence-corrected chi connectivity index (χ1v) is 13.1. The van der Waals surface area contributed by atoms with E-state index in [4.69, 9.17) is 10.7 Å². The van der Waals surface area contributed by atoms with Gasteiger partial charge < -0.3 is 10.3 Å². The van der Waals surface area contributed by atoms with Gasteiger partial charge in [0.15, 0.2) is 0 Å². The van der Waals surface area contributed by atoms with Crippen LogP contribution >= 0.6 is 0 Å². The van der Waals surface area contributed by atoms with Crippen molar-refractivity contribution >= 4 is 0 Å². The zero-order chi connectivity index (χ0) is 25.2. The molecule has 2 aliphatic rings. The smallest absolute Gasteiger partial charge is 0.272 e. The maximum Gasteiger partial charge on any atom is 0.272 e. The van der Waals surface area contributed by atoms with Crippen LogP contribution in [0.4, 0.5) is 4.39 Å². The molecule has 2 unspecified atom stereocenters. The second-order valence-corrected chi connectivity index (χ2v) is 10.5. The molecule has 0 radical (unpaired) electrons. The standard InChI is InChI=1S/C30H33FN4O/c1-35-29(22-11-9-21(10-12-22)20-7-8-20)28(23-13-14-24(18-32)26(31)17-23)34-27(30(35)36)16-6-19-3-2-4-25(33)15-5-19/h9-14,17,19-20,25H,2-8,15-16,33H2,1H3. The van der Waals surface area contributed by atoms with Crippen LogP contribution in [0.5, 0.6) is 0 Å². The van der Waals surface area contributed by atoms with Gasteiger partial charge in [-0.05, 0) is 74.5 Å². The van der Waals surface area contributed by atoms with Crippen LogP contribution in [0.1, 0.15) is 74.1 Å². The summed E-state index contributed by atoms with van der Waals surface area (Å²) >= 11 is 0. The summed E-state index contributed by atoms with van der Waals surface area (Å²) in [4.78, 5) is 18.3. The third kappa shape index (κ3) is 5.12. The van der Waals surface area contributed by atoms with Crippen LogP contribution in [0.15, 0.2) is 47.3 Å². The molecule has 3 aromatic rings. The summed E-state index contributed by atoms with van der Waals surface area (Å²) in [6.45, 7) is 0. The predicted octanol–water partition coefficient (Wildman–Crippen LogP) is 5.84. The van der Waals surface area contributed by atoms with Gasteiger partial charge in [0.25, 0.3) is 5.56 Å². The molecule has 1 aromatic heterocycles. The van der Waals surface area contributed by atoms with Crippen LogP contribution in [0.25, 0.3) is 22.5 Å². The van der Waals surface area contributed by atoms with Crippen LogP contribution < -0.4 is 11.3 Å². The minimum atomic E-state index is -0.586. The van der Waals surface area contributed by atoms with E-state index in [9.17, 15) is 14.4 Å². The number of hydrogen-bond acceptors (Lipinski definition) is 4. The Morgan fingerprint density at radius 3 is 2.50 bits per heavy atom. The Bertz CT molecular complexity index is 1350. The zero-order valence-electron chi connectivity index (χ0n) is 20.8. The van der Waals surface area contributed by atoms with E-state index >= 15 is 0 Å². The van der Waals surface area contributed by atoms with Crippen molar-refractivity contribution < 1.29 is 4.39 Å². The molecule has 1 heterocycles. The Morgan fingerprint density at radius 1 is 1.06 bits per heavy atom. The van der Waals surface area contributed by atoms with Crippen molar-refractivity contribution in [1.82, 2.24) is 9.55 Å². The summed E-state index contributed by atoms with van der Waals surface area (Å²) in [5.74, 6) is 0.585. The van der Waals surface area contributed by atoms with Gasteiger partial charge in [0.05, 0.1) is 17.0 Å². The van der Waals surface area contributed by atoms with Gasteiger partial charge in [0.2, 0.25) is 0 Å². The molecule has 0 bridgehead atoms. The van der Waals surface area contributed by atoms with Crippen LogP contribution in [-0.4, -0.2) is 15.6 Å². The minimum absolute atomic E-state index is 0.00861. The number of aryl methyl sites for hydroxylation is 1. The first kappa shape index (κ1) is 24.4. The van der Waals surface area contributed by atoms with Crippen LogP contribution in [0.2, 0.25) is 0 Å². The number of nitrogens with zero attached hydrogens (tertiary/aromatic N) is 3. The van der Waals surface area contributed by atoms with Crippen LogP contribution in [0, 0.1) is 23.1 Å². The largest absolute Gasteiger partial charge is 0.328 e. The van der Waals surface area contributed by atoms with Crippen LogP contribution in [0.3, 0.4) is 0 Å². The SMILES string of the molecule is Cn1c(-c2ccc(C3CC3)cc2)c(-c2ccc(C#N)c(F)c2)nc(CCC2CCCC(N)CC2)c1=O. The highest BCUT2D eigenvalue weighted by Crippen LogP contribution is 2.41. The summed E-state index contributed by atoms with van der Waals surface area (Å²) in [5, 5.41) is 9.18. The molecule has 2 aromatic carbocycles. The van der Waals surface area contributed by atoms with Crippen molar-refractivity contribution in [3.63, 3.8) is 0 Å².